The van der Waals surface area contributed by atoms with Crippen LogP contribution in [0.2, 0.25) is 0 Å². The molecule has 0 radical (unpaired) electrons. The summed E-state index contributed by atoms with van der Waals surface area (Å²) in [5.74, 6) is 0.618. The molecule has 1 N–H and O–H groups in total. The standard InChI is InChI=1S/C20H25N3O/c1-14-6-8-18(16(3)11-14)22-17-7-9-19(21-12-17)20(24)23-10-4-5-15(2)13-23/h6-9,11-12,15,22H,4-5,10,13H2,1-3H3. The topological polar surface area (TPSA) is 45.2 Å². The lowest BCUT2D eigenvalue weighted by molar-refractivity contribution is 0.0677. The second-order valence-electron chi connectivity index (χ2n) is 6.87. The monoisotopic (exact) mass is 323 g/mol. The van der Waals surface area contributed by atoms with Gasteiger partial charge in [0.15, 0.2) is 0 Å². The van der Waals surface area contributed by atoms with Crippen molar-refractivity contribution < 1.29 is 4.79 Å². The van der Waals surface area contributed by atoms with Crippen molar-refractivity contribution in [2.45, 2.75) is 33.6 Å². The van der Waals surface area contributed by atoms with Crippen molar-refractivity contribution in [3.63, 3.8) is 0 Å². The van der Waals surface area contributed by atoms with Crippen LogP contribution in [0.25, 0.3) is 0 Å². The highest BCUT2D eigenvalue weighted by molar-refractivity contribution is 5.92. The third-order valence-corrected chi connectivity index (χ3v) is 4.59. The highest BCUT2D eigenvalue weighted by Gasteiger charge is 2.22. The number of aromatic nitrogens is 1. The predicted octanol–water partition coefficient (Wildman–Crippen LogP) is 4.31. The Kier molecular flexibility index (Phi) is 4.84. The summed E-state index contributed by atoms with van der Waals surface area (Å²) in [5, 5.41) is 3.36. The molecule has 1 aromatic carbocycles. The first-order valence-corrected chi connectivity index (χ1v) is 8.62. The zero-order chi connectivity index (χ0) is 17.1. The van der Waals surface area contributed by atoms with Crippen LogP contribution in [-0.2, 0) is 0 Å². The predicted molar refractivity (Wildman–Crippen MR) is 97.7 cm³/mol. The molecule has 4 heteroatoms. The van der Waals surface area contributed by atoms with Crippen LogP contribution in [0.1, 0.15) is 41.4 Å². The van der Waals surface area contributed by atoms with Crippen LogP contribution in [0.4, 0.5) is 11.4 Å². The number of amides is 1. The largest absolute Gasteiger partial charge is 0.354 e. The summed E-state index contributed by atoms with van der Waals surface area (Å²) in [7, 11) is 0. The Balaban J connectivity index is 1.69. The molecule has 1 atom stereocenters. The molecule has 2 aromatic rings. The molecule has 1 aliphatic rings. The molecule has 1 aliphatic heterocycles. The Morgan fingerprint density at radius 2 is 2.08 bits per heavy atom. The Morgan fingerprint density at radius 3 is 2.75 bits per heavy atom. The second-order valence-corrected chi connectivity index (χ2v) is 6.87. The van der Waals surface area contributed by atoms with Gasteiger partial charge in [-0.2, -0.15) is 0 Å². The molecule has 4 nitrogen and oxygen atoms in total. The Bertz CT molecular complexity index is 724. The lowest BCUT2D eigenvalue weighted by Gasteiger charge is -2.30. The number of aryl methyl sites for hydroxylation is 2. The van der Waals surface area contributed by atoms with Crippen LogP contribution in [0.5, 0.6) is 0 Å². The fourth-order valence-electron chi connectivity index (χ4n) is 3.24. The molecule has 1 saturated heterocycles. The van der Waals surface area contributed by atoms with E-state index in [4.69, 9.17) is 0 Å². The van der Waals surface area contributed by atoms with Gasteiger partial charge in [0.2, 0.25) is 0 Å². The van der Waals surface area contributed by atoms with Gasteiger partial charge < -0.3 is 10.2 Å². The van der Waals surface area contributed by atoms with E-state index in [-0.39, 0.29) is 5.91 Å². The number of rotatable bonds is 3. The third-order valence-electron chi connectivity index (χ3n) is 4.59. The van der Waals surface area contributed by atoms with Gasteiger partial charge in [-0.25, -0.2) is 4.98 Å². The van der Waals surface area contributed by atoms with E-state index in [9.17, 15) is 4.79 Å². The van der Waals surface area contributed by atoms with Gasteiger partial charge in [-0.15, -0.1) is 0 Å². The van der Waals surface area contributed by atoms with E-state index >= 15 is 0 Å². The summed E-state index contributed by atoms with van der Waals surface area (Å²) in [6, 6.07) is 10.0. The van der Waals surface area contributed by atoms with E-state index in [1.54, 1.807) is 6.20 Å². The maximum absolute atomic E-state index is 12.5. The maximum Gasteiger partial charge on any atom is 0.272 e. The number of carbonyl (C=O) groups is 1. The summed E-state index contributed by atoms with van der Waals surface area (Å²) in [6.45, 7) is 8.04. The Labute approximate surface area is 143 Å². The normalized spacial score (nSPS) is 17.6. The molecule has 1 aromatic heterocycles. The van der Waals surface area contributed by atoms with E-state index in [0.717, 1.165) is 30.9 Å². The van der Waals surface area contributed by atoms with Gasteiger partial charge in [-0.05, 0) is 56.4 Å². The molecule has 1 amide bonds. The van der Waals surface area contributed by atoms with Crippen LogP contribution in [0.15, 0.2) is 36.5 Å². The van der Waals surface area contributed by atoms with Crippen molar-refractivity contribution in [3.05, 3.63) is 53.3 Å². The van der Waals surface area contributed by atoms with E-state index in [1.807, 2.05) is 17.0 Å². The van der Waals surface area contributed by atoms with Crippen molar-refractivity contribution in [1.29, 1.82) is 0 Å². The smallest absolute Gasteiger partial charge is 0.272 e. The zero-order valence-corrected chi connectivity index (χ0v) is 14.7. The SMILES string of the molecule is Cc1ccc(Nc2ccc(C(=O)N3CCCC(C)C3)nc2)c(C)c1. The first-order valence-electron chi connectivity index (χ1n) is 8.62. The number of carbonyl (C=O) groups excluding carboxylic acids is 1. The Morgan fingerprint density at radius 1 is 1.25 bits per heavy atom. The summed E-state index contributed by atoms with van der Waals surface area (Å²) >= 11 is 0. The van der Waals surface area contributed by atoms with Crippen molar-refractivity contribution in [3.8, 4) is 0 Å². The number of nitrogens with zero attached hydrogens (tertiary/aromatic N) is 2. The van der Waals surface area contributed by atoms with Crippen molar-refractivity contribution in [2.75, 3.05) is 18.4 Å². The highest BCUT2D eigenvalue weighted by atomic mass is 16.2. The molecule has 0 spiro atoms. The first kappa shape index (κ1) is 16.5. The van der Waals surface area contributed by atoms with Crippen LogP contribution in [-0.4, -0.2) is 28.9 Å². The molecular formula is C20H25N3O. The van der Waals surface area contributed by atoms with E-state index in [2.05, 4.69) is 49.3 Å². The average molecular weight is 323 g/mol. The summed E-state index contributed by atoms with van der Waals surface area (Å²) in [6.07, 6.45) is 4.02. The van der Waals surface area contributed by atoms with Gasteiger partial charge in [0, 0.05) is 18.8 Å². The Hall–Kier alpha value is -2.36. The number of anilines is 2. The average Bonchev–Trinajstić information content (AvgIpc) is 2.57. The van der Waals surface area contributed by atoms with Gasteiger partial charge >= 0.3 is 0 Å². The molecule has 3 rings (SSSR count). The van der Waals surface area contributed by atoms with Crippen LogP contribution in [0.3, 0.4) is 0 Å². The number of nitrogens with one attached hydrogen (secondary N) is 1. The number of hydrogen-bond donors (Lipinski definition) is 1. The van der Waals surface area contributed by atoms with Crippen LogP contribution < -0.4 is 5.32 Å². The number of pyridine rings is 1. The van der Waals surface area contributed by atoms with Gasteiger partial charge in [0.25, 0.3) is 5.91 Å². The van der Waals surface area contributed by atoms with Gasteiger partial charge in [0.05, 0.1) is 11.9 Å². The van der Waals surface area contributed by atoms with Gasteiger partial charge in [0.1, 0.15) is 5.69 Å². The molecule has 126 valence electrons. The minimum Gasteiger partial charge on any atom is -0.354 e. The zero-order valence-electron chi connectivity index (χ0n) is 14.7. The number of piperidine rings is 1. The molecule has 0 bridgehead atoms. The highest BCUT2D eigenvalue weighted by Crippen LogP contribution is 2.22. The third kappa shape index (κ3) is 3.75. The number of benzene rings is 1. The van der Waals surface area contributed by atoms with Gasteiger partial charge in [-0.3, -0.25) is 4.79 Å². The van der Waals surface area contributed by atoms with Crippen LogP contribution in [0, 0.1) is 19.8 Å². The molecule has 2 heterocycles. The van der Waals surface area contributed by atoms with E-state index in [1.165, 1.54) is 17.5 Å². The molecule has 1 unspecified atom stereocenters. The minimum atomic E-state index is 0.0413. The van der Waals surface area contributed by atoms with Crippen molar-refractivity contribution in [1.82, 2.24) is 9.88 Å². The van der Waals surface area contributed by atoms with E-state index < -0.39 is 0 Å². The summed E-state index contributed by atoms with van der Waals surface area (Å²) in [5.41, 5.74) is 4.91. The fraction of sp³-hybridized carbons (Fsp3) is 0.400. The molecule has 0 aliphatic carbocycles. The van der Waals surface area contributed by atoms with Gasteiger partial charge in [-0.1, -0.05) is 24.6 Å². The van der Waals surface area contributed by atoms with Crippen molar-refractivity contribution >= 4 is 17.3 Å². The lowest BCUT2D eigenvalue weighted by Crippen LogP contribution is -2.39. The van der Waals surface area contributed by atoms with Crippen molar-refractivity contribution in [2.24, 2.45) is 5.92 Å². The van der Waals surface area contributed by atoms with Crippen LogP contribution >= 0.6 is 0 Å². The molecule has 1 fully saturated rings. The summed E-state index contributed by atoms with van der Waals surface area (Å²) in [4.78, 5) is 18.8. The molecule has 0 saturated carbocycles. The number of hydrogen-bond acceptors (Lipinski definition) is 3. The first-order chi connectivity index (χ1) is 11.5. The quantitative estimate of drug-likeness (QED) is 0.915. The summed E-state index contributed by atoms with van der Waals surface area (Å²) < 4.78 is 0. The number of likely N-dealkylation sites (tertiary alicyclic amines) is 1. The second kappa shape index (κ2) is 7.04. The lowest BCUT2D eigenvalue weighted by atomic mass is 10.00. The van der Waals surface area contributed by atoms with E-state index in [0.29, 0.717) is 11.6 Å². The molecule has 24 heavy (non-hydrogen) atoms. The maximum atomic E-state index is 12.5. The fourth-order valence-corrected chi connectivity index (χ4v) is 3.24. The minimum absolute atomic E-state index is 0.0413. The molecular weight excluding hydrogens is 298 g/mol.